The van der Waals surface area contributed by atoms with Crippen LogP contribution in [0, 0.1) is 5.92 Å². The molecule has 10 nitrogen and oxygen atoms in total. The lowest BCUT2D eigenvalue weighted by molar-refractivity contribution is 0.0852. The number of benzene rings is 2. The Labute approximate surface area is 220 Å². The van der Waals surface area contributed by atoms with Gasteiger partial charge in [-0.1, -0.05) is 61.5 Å². The van der Waals surface area contributed by atoms with E-state index in [-0.39, 0.29) is 35.5 Å². The fourth-order valence-electron chi connectivity index (χ4n) is 3.49. The standard InChI is InChI=1S/C28H28N4O6/c1-17(2)16-36-28(34)37-24-22(35-4)14-15-29-23(24)26(33)30-18(3)25-31-27(38-32-25)21-12-10-20(11-13-21)19-8-6-5-7-9-19/h5-15,17-18H,16H2,1-4H3,(H,30,33)/t18-/m0/s1. The maximum atomic E-state index is 13.1. The van der Waals surface area contributed by atoms with Gasteiger partial charge in [0.25, 0.3) is 11.8 Å². The molecular weight excluding hydrogens is 488 g/mol. The van der Waals surface area contributed by atoms with Gasteiger partial charge in [0.1, 0.15) is 0 Å². The summed E-state index contributed by atoms with van der Waals surface area (Å²) >= 11 is 0. The lowest BCUT2D eigenvalue weighted by Gasteiger charge is -2.15. The summed E-state index contributed by atoms with van der Waals surface area (Å²) in [7, 11) is 1.39. The summed E-state index contributed by atoms with van der Waals surface area (Å²) in [6, 6.07) is 18.6. The van der Waals surface area contributed by atoms with Crippen LogP contribution >= 0.6 is 0 Å². The number of carbonyl (C=O) groups excluding carboxylic acids is 2. The molecule has 0 aliphatic carbocycles. The summed E-state index contributed by atoms with van der Waals surface area (Å²) in [5.74, 6) is 0.0745. The van der Waals surface area contributed by atoms with Crippen molar-refractivity contribution >= 4 is 12.1 Å². The number of pyridine rings is 1. The molecule has 2 aromatic heterocycles. The van der Waals surface area contributed by atoms with Gasteiger partial charge in [-0.05, 0) is 36.1 Å². The first-order valence-corrected chi connectivity index (χ1v) is 12.0. The van der Waals surface area contributed by atoms with E-state index in [9.17, 15) is 9.59 Å². The van der Waals surface area contributed by atoms with E-state index in [4.69, 9.17) is 18.7 Å². The third kappa shape index (κ3) is 6.33. The number of ether oxygens (including phenoxy) is 3. The number of methoxy groups -OCH3 is 1. The highest BCUT2D eigenvalue weighted by molar-refractivity contribution is 5.96. The smallest absolute Gasteiger partial charge is 0.493 e. The van der Waals surface area contributed by atoms with Gasteiger partial charge in [0, 0.05) is 17.8 Å². The Kier molecular flexibility index (Phi) is 8.32. The lowest BCUT2D eigenvalue weighted by atomic mass is 10.0. The first-order valence-electron chi connectivity index (χ1n) is 12.0. The van der Waals surface area contributed by atoms with Crippen LogP contribution in [0.5, 0.6) is 11.5 Å². The Morgan fingerprint density at radius 1 is 0.947 bits per heavy atom. The monoisotopic (exact) mass is 516 g/mol. The summed E-state index contributed by atoms with van der Waals surface area (Å²) in [5, 5.41) is 6.76. The maximum absolute atomic E-state index is 13.1. The van der Waals surface area contributed by atoms with Crippen molar-refractivity contribution in [3.8, 4) is 34.1 Å². The second-order valence-corrected chi connectivity index (χ2v) is 8.84. The minimum Gasteiger partial charge on any atom is -0.493 e. The molecule has 0 fully saturated rings. The van der Waals surface area contributed by atoms with Crippen LogP contribution in [-0.2, 0) is 4.74 Å². The number of nitrogens with zero attached hydrogens (tertiary/aromatic N) is 3. The molecule has 0 unspecified atom stereocenters. The highest BCUT2D eigenvalue weighted by Crippen LogP contribution is 2.30. The second kappa shape index (κ2) is 12.0. The predicted molar refractivity (Wildman–Crippen MR) is 139 cm³/mol. The van der Waals surface area contributed by atoms with Crippen molar-refractivity contribution in [3.05, 3.63) is 78.4 Å². The third-order valence-electron chi connectivity index (χ3n) is 5.44. The van der Waals surface area contributed by atoms with Gasteiger partial charge in [0.05, 0.1) is 19.8 Å². The molecule has 38 heavy (non-hydrogen) atoms. The van der Waals surface area contributed by atoms with Crippen molar-refractivity contribution < 1.29 is 28.3 Å². The van der Waals surface area contributed by atoms with E-state index in [2.05, 4.69) is 20.4 Å². The molecule has 0 saturated carbocycles. The predicted octanol–water partition coefficient (Wildman–Crippen LogP) is 5.47. The van der Waals surface area contributed by atoms with Crippen molar-refractivity contribution in [3.63, 3.8) is 0 Å². The van der Waals surface area contributed by atoms with E-state index in [1.54, 1.807) is 6.92 Å². The molecule has 1 amide bonds. The molecule has 4 aromatic rings. The highest BCUT2D eigenvalue weighted by atomic mass is 16.7. The van der Waals surface area contributed by atoms with Crippen LogP contribution in [0.25, 0.3) is 22.6 Å². The molecule has 0 aliphatic rings. The SMILES string of the molecule is COc1ccnc(C(=O)N[C@@H](C)c2noc(-c3ccc(-c4ccccc4)cc3)n2)c1OC(=O)OCC(C)C. The molecule has 0 radical (unpaired) electrons. The Balaban J connectivity index is 1.46. The summed E-state index contributed by atoms with van der Waals surface area (Å²) in [6.07, 6.45) is 0.407. The highest BCUT2D eigenvalue weighted by Gasteiger charge is 2.25. The Hall–Kier alpha value is -4.73. The molecule has 1 N–H and O–H groups in total. The van der Waals surface area contributed by atoms with E-state index < -0.39 is 18.1 Å². The van der Waals surface area contributed by atoms with Crippen molar-refractivity contribution in [2.75, 3.05) is 13.7 Å². The topological polar surface area (TPSA) is 126 Å². The zero-order chi connectivity index (χ0) is 27.1. The van der Waals surface area contributed by atoms with Gasteiger partial charge in [0.2, 0.25) is 5.75 Å². The molecule has 1 atom stereocenters. The second-order valence-electron chi connectivity index (χ2n) is 8.84. The number of carbonyl (C=O) groups is 2. The number of amides is 1. The van der Waals surface area contributed by atoms with Gasteiger partial charge in [-0.15, -0.1) is 0 Å². The Morgan fingerprint density at radius 2 is 1.63 bits per heavy atom. The van der Waals surface area contributed by atoms with Crippen LogP contribution in [0.15, 0.2) is 71.4 Å². The summed E-state index contributed by atoms with van der Waals surface area (Å²) in [5.41, 5.74) is 2.75. The fraction of sp³-hybridized carbons (Fsp3) is 0.250. The zero-order valence-electron chi connectivity index (χ0n) is 21.5. The molecule has 0 saturated heterocycles. The maximum Gasteiger partial charge on any atom is 0.514 e. The lowest BCUT2D eigenvalue weighted by Crippen LogP contribution is -2.29. The van der Waals surface area contributed by atoms with E-state index in [1.807, 2.05) is 68.4 Å². The van der Waals surface area contributed by atoms with Crippen LogP contribution in [0.1, 0.15) is 43.1 Å². The summed E-state index contributed by atoms with van der Waals surface area (Å²) < 4.78 is 21.0. The number of rotatable bonds is 9. The minimum atomic E-state index is -0.965. The molecule has 2 heterocycles. The quantitative estimate of drug-likeness (QED) is 0.288. The van der Waals surface area contributed by atoms with Gasteiger partial charge >= 0.3 is 6.16 Å². The Bertz CT molecular complexity index is 1390. The summed E-state index contributed by atoms with van der Waals surface area (Å²) in [6.45, 7) is 5.64. The van der Waals surface area contributed by atoms with Gasteiger partial charge in [-0.25, -0.2) is 9.78 Å². The molecular formula is C28H28N4O6. The third-order valence-corrected chi connectivity index (χ3v) is 5.44. The van der Waals surface area contributed by atoms with Crippen LogP contribution in [0.3, 0.4) is 0 Å². The molecule has 196 valence electrons. The summed E-state index contributed by atoms with van der Waals surface area (Å²) in [4.78, 5) is 33.7. The van der Waals surface area contributed by atoms with E-state index in [1.165, 1.54) is 19.4 Å². The molecule has 4 rings (SSSR count). The number of hydrogen-bond acceptors (Lipinski definition) is 9. The van der Waals surface area contributed by atoms with E-state index >= 15 is 0 Å². The average molecular weight is 517 g/mol. The van der Waals surface area contributed by atoms with Crippen molar-refractivity contribution in [1.29, 1.82) is 0 Å². The first kappa shape index (κ1) is 26.3. The first-order chi connectivity index (χ1) is 18.4. The van der Waals surface area contributed by atoms with Crippen LogP contribution in [0.4, 0.5) is 4.79 Å². The van der Waals surface area contributed by atoms with Gasteiger partial charge in [-0.2, -0.15) is 4.98 Å². The Morgan fingerprint density at radius 3 is 2.32 bits per heavy atom. The largest absolute Gasteiger partial charge is 0.514 e. The average Bonchev–Trinajstić information content (AvgIpc) is 3.43. The van der Waals surface area contributed by atoms with Gasteiger partial charge in [-0.3, -0.25) is 4.79 Å². The zero-order valence-corrected chi connectivity index (χ0v) is 21.5. The number of hydrogen-bond donors (Lipinski definition) is 1. The van der Waals surface area contributed by atoms with Crippen LogP contribution in [-0.4, -0.2) is 40.9 Å². The molecule has 2 aromatic carbocycles. The van der Waals surface area contributed by atoms with Crippen molar-refractivity contribution in [2.24, 2.45) is 5.92 Å². The normalized spacial score (nSPS) is 11.6. The molecule has 10 heteroatoms. The van der Waals surface area contributed by atoms with Crippen LogP contribution in [0.2, 0.25) is 0 Å². The van der Waals surface area contributed by atoms with E-state index in [0.29, 0.717) is 5.89 Å². The van der Waals surface area contributed by atoms with Crippen molar-refractivity contribution in [1.82, 2.24) is 20.4 Å². The molecule has 0 spiro atoms. The van der Waals surface area contributed by atoms with Gasteiger partial charge < -0.3 is 24.1 Å². The van der Waals surface area contributed by atoms with Gasteiger partial charge in [0.15, 0.2) is 17.3 Å². The van der Waals surface area contributed by atoms with E-state index in [0.717, 1.165) is 16.7 Å². The number of nitrogens with one attached hydrogen (secondary N) is 1. The number of aromatic nitrogens is 3. The molecule has 0 aliphatic heterocycles. The van der Waals surface area contributed by atoms with Crippen LogP contribution < -0.4 is 14.8 Å². The molecule has 0 bridgehead atoms. The van der Waals surface area contributed by atoms with Crippen molar-refractivity contribution in [2.45, 2.75) is 26.8 Å². The minimum absolute atomic E-state index is 0.114. The fourth-order valence-corrected chi connectivity index (χ4v) is 3.49.